The molecule has 0 saturated carbocycles. The molecule has 1 aliphatic rings. The van der Waals surface area contributed by atoms with Gasteiger partial charge in [0, 0.05) is 29.8 Å². The number of nitrogens with two attached hydrogens (primary N) is 1. The van der Waals surface area contributed by atoms with Crippen LogP contribution in [0.5, 0.6) is 0 Å². The maximum Gasteiger partial charge on any atom is 0.0474 e. The van der Waals surface area contributed by atoms with Crippen molar-refractivity contribution in [2.45, 2.75) is 33.2 Å². The summed E-state index contributed by atoms with van der Waals surface area (Å²) in [5, 5.41) is 0.786. The maximum absolute atomic E-state index is 6.30. The first-order valence-electron chi connectivity index (χ1n) is 6.79. The third-order valence-corrected chi connectivity index (χ3v) is 4.50. The molecule has 2 nitrogen and oxygen atoms in total. The molecule has 18 heavy (non-hydrogen) atoms. The summed E-state index contributed by atoms with van der Waals surface area (Å²) < 4.78 is 0. The van der Waals surface area contributed by atoms with Crippen LogP contribution in [0.25, 0.3) is 0 Å². The van der Waals surface area contributed by atoms with E-state index in [-0.39, 0.29) is 6.04 Å². The number of benzene rings is 1. The van der Waals surface area contributed by atoms with Crippen molar-refractivity contribution in [2.24, 2.45) is 17.6 Å². The largest absolute Gasteiger partial charge is 0.371 e. The Balaban J connectivity index is 2.17. The van der Waals surface area contributed by atoms with Gasteiger partial charge in [-0.25, -0.2) is 0 Å². The fourth-order valence-electron chi connectivity index (χ4n) is 2.58. The molecule has 3 heteroatoms. The molecule has 1 aliphatic heterocycles. The molecule has 100 valence electrons. The summed E-state index contributed by atoms with van der Waals surface area (Å²) in [5.74, 6) is 1.56. The third kappa shape index (κ3) is 2.81. The summed E-state index contributed by atoms with van der Waals surface area (Å²) in [5.41, 5.74) is 8.14. The highest BCUT2D eigenvalue weighted by Crippen LogP contribution is 2.31. The summed E-state index contributed by atoms with van der Waals surface area (Å²) in [6.07, 6.45) is 1.26. The summed E-state index contributed by atoms with van der Waals surface area (Å²) in [4.78, 5) is 2.43. The van der Waals surface area contributed by atoms with Crippen molar-refractivity contribution in [3.05, 3.63) is 28.8 Å². The lowest BCUT2D eigenvalue weighted by atomic mass is 9.88. The number of halogens is 1. The fourth-order valence-corrected chi connectivity index (χ4v) is 2.93. The molecular formula is C15H23ClN2. The molecular weight excluding hydrogens is 244 g/mol. The molecule has 0 aromatic heterocycles. The van der Waals surface area contributed by atoms with Gasteiger partial charge in [0.05, 0.1) is 0 Å². The number of piperidine rings is 1. The van der Waals surface area contributed by atoms with E-state index in [1.54, 1.807) is 0 Å². The van der Waals surface area contributed by atoms with E-state index >= 15 is 0 Å². The lowest BCUT2D eigenvalue weighted by Gasteiger charge is -2.37. The molecule has 1 fully saturated rings. The van der Waals surface area contributed by atoms with E-state index in [1.807, 2.05) is 6.92 Å². The Morgan fingerprint density at radius 2 is 2.06 bits per heavy atom. The van der Waals surface area contributed by atoms with Crippen molar-refractivity contribution >= 4 is 17.3 Å². The standard InChI is InChI=1S/C15H23ClN2/c1-10-6-7-18(9-11(10)2)13-4-5-14(12(3)17)15(16)8-13/h4-5,8,10-12H,6-7,9,17H2,1-3H3. The van der Waals surface area contributed by atoms with E-state index in [0.29, 0.717) is 0 Å². The number of nitrogens with zero attached hydrogens (tertiary/aromatic N) is 1. The minimum atomic E-state index is -0.00754. The van der Waals surface area contributed by atoms with E-state index in [2.05, 4.69) is 36.9 Å². The van der Waals surface area contributed by atoms with Gasteiger partial charge in [0.25, 0.3) is 0 Å². The molecule has 1 aromatic carbocycles. The molecule has 0 amide bonds. The maximum atomic E-state index is 6.30. The van der Waals surface area contributed by atoms with Gasteiger partial charge < -0.3 is 10.6 Å². The van der Waals surface area contributed by atoms with Crippen LogP contribution < -0.4 is 10.6 Å². The predicted molar refractivity (Wildman–Crippen MR) is 79.2 cm³/mol. The first-order chi connectivity index (χ1) is 8.49. The molecule has 0 aliphatic carbocycles. The quantitative estimate of drug-likeness (QED) is 0.881. The SMILES string of the molecule is CC(N)c1ccc(N2CCC(C)C(C)C2)cc1Cl. The second-order valence-corrected chi connectivity index (χ2v) is 6.09. The van der Waals surface area contributed by atoms with Crippen LogP contribution in [0.1, 0.15) is 38.8 Å². The molecule has 2 N–H and O–H groups in total. The van der Waals surface area contributed by atoms with Crippen molar-refractivity contribution in [3.8, 4) is 0 Å². The van der Waals surface area contributed by atoms with E-state index in [9.17, 15) is 0 Å². The number of rotatable bonds is 2. The average Bonchev–Trinajstić information content (AvgIpc) is 2.32. The van der Waals surface area contributed by atoms with Gasteiger partial charge in [-0.05, 0) is 42.9 Å². The van der Waals surface area contributed by atoms with Crippen LogP contribution in [0, 0.1) is 11.8 Å². The molecule has 3 atom stereocenters. The Bertz CT molecular complexity index is 417. The van der Waals surface area contributed by atoms with Crippen molar-refractivity contribution in [3.63, 3.8) is 0 Å². The Morgan fingerprint density at radius 1 is 1.33 bits per heavy atom. The van der Waals surface area contributed by atoms with Crippen LogP contribution in [0.15, 0.2) is 18.2 Å². The van der Waals surface area contributed by atoms with Gasteiger partial charge in [0.1, 0.15) is 0 Å². The van der Waals surface area contributed by atoms with Gasteiger partial charge >= 0.3 is 0 Å². The Labute approximate surface area is 115 Å². The highest BCUT2D eigenvalue weighted by atomic mass is 35.5. The smallest absolute Gasteiger partial charge is 0.0474 e. The van der Waals surface area contributed by atoms with Crippen LogP contribution in [0.2, 0.25) is 5.02 Å². The summed E-state index contributed by atoms with van der Waals surface area (Å²) >= 11 is 6.30. The van der Waals surface area contributed by atoms with E-state index in [4.69, 9.17) is 17.3 Å². The first kappa shape index (κ1) is 13.7. The molecule has 1 aromatic rings. The number of anilines is 1. The second kappa shape index (κ2) is 5.50. The molecule has 2 rings (SSSR count). The van der Waals surface area contributed by atoms with Crippen molar-refractivity contribution in [1.29, 1.82) is 0 Å². The minimum absolute atomic E-state index is 0.00754. The topological polar surface area (TPSA) is 29.3 Å². The third-order valence-electron chi connectivity index (χ3n) is 4.17. The normalized spacial score (nSPS) is 26.2. The lowest BCUT2D eigenvalue weighted by molar-refractivity contribution is 0.324. The molecule has 0 spiro atoms. The van der Waals surface area contributed by atoms with E-state index in [1.165, 1.54) is 12.1 Å². The highest BCUT2D eigenvalue weighted by molar-refractivity contribution is 6.31. The molecule has 0 radical (unpaired) electrons. The van der Waals surface area contributed by atoms with E-state index in [0.717, 1.165) is 35.5 Å². The van der Waals surface area contributed by atoms with Gasteiger partial charge in [-0.15, -0.1) is 0 Å². The van der Waals surface area contributed by atoms with Gasteiger partial charge in [-0.1, -0.05) is 31.5 Å². The van der Waals surface area contributed by atoms with Crippen LogP contribution in [-0.2, 0) is 0 Å². The van der Waals surface area contributed by atoms with Gasteiger partial charge in [-0.2, -0.15) is 0 Å². The first-order valence-corrected chi connectivity index (χ1v) is 7.16. The van der Waals surface area contributed by atoms with Crippen LogP contribution in [0.3, 0.4) is 0 Å². The summed E-state index contributed by atoms with van der Waals surface area (Å²) in [6, 6.07) is 6.26. The zero-order chi connectivity index (χ0) is 13.3. The van der Waals surface area contributed by atoms with E-state index < -0.39 is 0 Å². The molecule has 1 saturated heterocycles. The average molecular weight is 267 g/mol. The van der Waals surface area contributed by atoms with Crippen LogP contribution in [-0.4, -0.2) is 13.1 Å². The highest BCUT2D eigenvalue weighted by Gasteiger charge is 2.23. The number of hydrogen-bond acceptors (Lipinski definition) is 2. The zero-order valence-corrected chi connectivity index (χ0v) is 12.2. The van der Waals surface area contributed by atoms with Crippen molar-refractivity contribution < 1.29 is 0 Å². The van der Waals surface area contributed by atoms with Crippen molar-refractivity contribution in [1.82, 2.24) is 0 Å². The molecule has 3 unspecified atom stereocenters. The van der Waals surface area contributed by atoms with Gasteiger partial charge in [0.15, 0.2) is 0 Å². The van der Waals surface area contributed by atoms with Gasteiger partial charge in [0.2, 0.25) is 0 Å². The van der Waals surface area contributed by atoms with Crippen molar-refractivity contribution in [2.75, 3.05) is 18.0 Å². The Kier molecular flexibility index (Phi) is 4.18. The monoisotopic (exact) mass is 266 g/mol. The minimum Gasteiger partial charge on any atom is -0.371 e. The number of hydrogen-bond donors (Lipinski definition) is 1. The zero-order valence-electron chi connectivity index (χ0n) is 11.5. The fraction of sp³-hybridized carbons (Fsp3) is 0.600. The van der Waals surface area contributed by atoms with Crippen LogP contribution in [0.4, 0.5) is 5.69 Å². The van der Waals surface area contributed by atoms with Crippen LogP contribution >= 0.6 is 11.6 Å². The lowest BCUT2D eigenvalue weighted by Crippen LogP contribution is -2.38. The predicted octanol–water partition coefficient (Wildman–Crippen LogP) is 3.84. The Hall–Kier alpha value is -0.730. The second-order valence-electron chi connectivity index (χ2n) is 5.68. The molecule has 1 heterocycles. The molecule has 0 bridgehead atoms. The Morgan fingerprint density at radius 3 is 2.61 bits per heavy atom. The summed E-state index contributed by atoms with van der Waals surface area (Å²) in [7, 11) is 0. The summed E-state index contributed by atoms with van der Waals surface area (Å²) in [6.45, 7) is 8.88. The van der Waals surface area contributed by atoms with Gasteiger partial charge in [-0.3, -0.25) is 0 Å².